The normalized spacial score (nSPS) is 19.5. The van der Waals surface area contributed by atoms with Gasteiger partial charge in [-0.2, -0.15) is 13.2 Å². The van der Waals surface area contributed by atoms with Gasteiger partial charge in [-0.3, -0.25) is 14.6 Å². The van der Waals surface area contributed by atoms with Crippen molar-refractivity contribution in [3.8, 4) is 5.75 Å². The van der Waals surface area contributed by atoms with Gasteiger partial charge in [-0.25, -0.2) is 0 Å². The number of ether oxygens (including phenoxy) is 1. The van der Waals surface area contributed by atoms with Gasteiger partial charge in [0.05, 0.1) is 13.2 Å². The van der Waals surface area contributed by atoms with Gasteiger partial charge in [-0.05, 0) is 25.5 Å². The van der Waals surface area contributed by atoms with E-state index >= 15 is 0 Å². The fourth-order valence-corrected chi connectivity index (χ4v) is 3.33. The molecule has 1 heterocycles. The summed E-state index contributed by atoms with van der Waals surface area (Å²) >= 11 is 3.41. The van der Waals surface area contributed by atoms with E-state index in [-0.39, 0.29) is 26.2 Å². The van der Waals surface area contributed by atoms with E-state index < -0.39 is 18.2 Å². The number of benzene rings is 1. The summed E-state index contributed by atoms with van der Waals surface area (Å²) in [6, 6.07) is 3.91. The Kier molecular flexibility index (Phi) is 7.31. The number of rotatable bonds is 7. The van der Waals surface area contributed by atoms with Gasteiger partial charge >= 0.3 is 12.1 Å². The highest BCUT2D eigenvalue weighted by atomic mass is 79.9. The molecule has 1 aliphatic rings. The number of hydrogen-bond donors (Lipinski definition) is 1. The van der Waals surface area contributed by atoms with Crippen molar-refractivity contribution in [1.82, 2.24) is 9.80 Å². The standard InChI is InChI=1S/C17H22BrF3N2O3/c1-12-13(18)4-2-5-14(12)26-9-3-6-23-8-7-22(11-16(24)25)10-15(23)17(19,20)21/h2,4-5,15H,3,6-11H2,1H3,(H,24,25)/t15-/m0/s1. The molecule has 1 fully saturated rings. The summed E-state index contributed by atoms with van der Waals surface area (Å²) in [5.41, 5.74) is 0.947. The fraction of sp³-hybridized carbons (Fsp3) is 0.588. The minimum atomic E-state index is -4.39. The zero-order valence-corrected chi connectivity index (χ0v) is 16.0. The first-order valence-corrected chi connectivity index (χ1v) is 9.10. The van der Waals surface area contributed by atoms with E-state index in [0.717, 1.165) is 10.0 Å². The van der Waals surface area contributed by atoms with Crippen LogP contribution in [-0.2, 0) is 4.79 Å². The molecule has 5 nitrogen and oxygen atoms in total. The van der Waals surface area contributed by atoms with Crippen molar-refractivity contribution in [2.24, 2.45) is 0 Å². The number of aliphatic carboxylic acids is 1. The minimum Gasteiger partial charge on any atom is -0.493 e. The maximum absolute atomic E-state index is 13.3. The highest BCUT2D eigenvalue weighted by Gasteiger charge is 2.46. The van der Waals surface area contributed by atoms with E-state index in [0.29, 0.717) is 25.3 Å². The Hall–Kier alpha value is -1.32. The summed E-state index contributed by atoms with van der Waals surface area (Å²) in [6.45, 7) is 2.28. The van der Waals surface area contributed by atoms with E-state index in [1.807, 2.05) is 25.1 Å². The lowest BCUT2D eigenvalue weighted by molar-refractivity contribution is -0.198. The van der Waals surface area contributed by atoms with Crippen LogP contribution < -0.4 is 4.74 Å². The van der Waals surface area contributed by atoms with Gasteiger partial charge in [-0.1, -0.05) is 22.0 Å². The molecule has 0 saturated carbocycles. The molecule has 1 aromatic carbocycles. The van der Waals surface area contributed by atoms with Crippen LogP contribution in [0.25, 0.3) is 0 Å². The molecule has 0 spiro atoms. The van der Waals surface area contributed by atoms with Crippen LogP contribution in [0.2, 0.25) is 0 Å². The van der Waals surface area contributed by atoms with Crippen LogP contribution in [0.1, 0.15) is 12.0 Å². The van der Waals surface area contributed by atoms with Gasteiger partial charge in [-0.15, -0.1) is 0 Å². The monoisotopic (exact) mass is 438 g/mol. The molecule has 0 aromatic heterocycles. The van der Waals surface area contributed by atoms with Crippen molar-refractivity contribution in [3.63, 3.8) is 0 Å². The molecule has 1 N–H and O–H groups in total. The topological polar surface area (TPSA) is 53.0 Å². The number of carboxylic acid groups (broad SMARTS) is 1. The summed E-state index contributed by atoms with van der Waals surface area (Å²) in [7, 11) is 0. The molecule has 26 heavy (non-hydrogen) atoms. The summed E-state index contributed by atoms with van der Waals surface area (Å²) in [6.07, 6.45) is -3.93. The van der Waals surface area contributed by atoms with Crippen LogP contribution in [-0.4, -0.2) is 72.4 Å². The number of carbonyl (C=O) groups is 1. The molecule has 0 radical (unpaired) electrons. The molecular formula is C17H22BrF3N2O3. The molecule has 1 aliphatic heterocycles. The third kappa shape index (κ3) is 5.85. The molecular weight excluding hydrogens is 417 g/mol. The third-order valence-corrected chi connectivity index (χ3v) is 5.24. The average Bonchev–Trinajstić information content (AvgIpc) is 2.54. The van der Waals surface area contributed by atoms with Gasteiger partial charge in [0.2, 0.25) is 0 Å². The second kappa shape index (κ2) is 9.05. The predicted molar refractivity (Wildman–Crippen MR) is 94.5 cm³/mol. The van der Waals surface area contributed by atoms with E-state index in [9.17, 15) is 18.0 Å². The quantitative estimate of drug-likeness (QED) is 0.662. The Bertz CT molecular complexity index is 628. The van der Waals surface area contributed by atoms with Gasteiger partial charge < -0.3 is 9.84 Å². The zero-order valence-electron chi connectivity index (χ0n) is 14.4. The molecule has 0 amide bonds. The molecule has 9 heteroatoms. The average molecular weight is 439 g/mol. The summed E-state index contributed by atoms with van der Waals surface area (Å²) < 4.78 is 46.6. The van der Waals surface area contributed by atoms with Crippen molar-refractivity contribution in [1.29, 1.82) is 0 Å². The van der Waals surface area contributed by atoms with Crippen molar-refractivity contribution < 1.29 is 27.8 Å². The Morgan fingerprint density at radius 1 is 1.38 bits per heavy atom. The SMILES string of the molecule is Cc1c(Br)cccc1OCCCN1CCN(CC(=O)O)C[C@H]1C(F)(F)F. The Morgan fingerprint density at radius 3 is 2.77 bits per heavy atom. The first-order valence-electron chi connectivity index (χ1n) is 8.31. The first kappa shape index (κ1) is 21.0. The van der Waals surface area contributed by atoms with Crippen LogP contribution in [0, 0.1) is 6.92 Å². The van der Waals surface area contributed by atoms with E-state index in [1.54, 1.807) is 0 Å². The molecule has 1 aromatic rings. The van der Waals surface area contributed by atoms with Crippen molar-refractivity contribution >= 4 is 21.9 Å². The number of carboxylic acids is 1. The van der Waals surface area contributed by atoms with Crippen LogP contribution in [0.5, 0.6) is 5.75 Å². The summed E-state index contributed by atoms with van der Waals surface area (Å²) in [5, 5.41) is 8.79. The zero-order chi connectivity index (χ0) is 19.3. The van der Waals surface area contributed by atoms with Gasteiger partial charge in [0.1, 0.15) is 11.8 Å². The van der Waals surface area contributed by atoms with Crippen LogP contribution in [0.15, 0.2) is 22.7 Å². The maximum Gasteiger partial charge on any atom is 0.405 e. The highest BCUT2D eigenvalue weighted by Crippen LogP contribution is 2.28. The lowest BCUT2D eigenvalue weighted by Gasteiger charge is -2.41. The number of piperazine rings is 1. The molecule has 1 atom stereocenters. The van der Waals surface area contributed by atoms with Crippen LogP contribution in [0.3, 0.4) is 0 Å². The van der Waals surface area contributed by atoms with E-state index in [4.69, 9.17) is 9.84 Å². The Labute approximate surface area is 158 Å². The molecule has 0 unspecified atom stereocenters. The maximum atomic E-state index is 13.3. The summed E-state index contributed by atoms with van der Waals surface area (Å²) in [4.78, 5) is 13.4. The number of alkyl halides is 3. The lowest BCUT2D eigenvalue weighted by atomic mass is 10.1. The fourth-order valence-electron chi connectivity index (χ4n) is 2.98. The first-order chi connectivity index (χ1) is 12.2. The van der Waals surface area contributed by atoms with Crippen molar-refractivity contribution in [2.75, 3.05) is 39.3 Å². The molecule has 146 valence electrons. The lowest BCUT2D eigenvalue weighted by Crippen LogP contribution is -2.59. The molecule has 0 bridgehead atoms. The largest absolute Gasteiger partial charge is 0.493 e. The van der Waals surface area contributed by atoms with Crippen LogP contribution in [0.4, 0.5) is 13.2 Å². The van der Waals surface area contributed by atoms with E-state index in [2.05, 4.69) is 15.9 Å². The Morgan fingerprint density at radius 2 is 2.12 bits per heavy atom. The number of nitrogens with zero attached hydrogens (tertiary/aromatic N) is 2. The second-order valence-corrected chi connectivity index (χ2v) is 7.14. The summed E-state index contributed by atoms with van der Waals surface area (Å²) in [5.74, 6) is -0.407. The smallest absolute Gasteiger partial charge is 0.405 e. The number of halogens is 4. The van der Waals surface area contributed by atoms with Gasteiger partial charge in [0.15, 0.2) is 0 Å². The number of hydrogen-bond acceptors (Lipinski definition) is 4. The van der Waals surface area contributed by atoms with Gasteiger partial charge in [0, 0.05) is 36.2 Å². The van der Waals surface area contributed by atoms with Crippen LogP contribution >= 0.6 is 15.9 Å². The third-order valence-electron chi connectivity index (χ3n) is 4.38. The molecule has 0 aliphatic carbocycles. The van der Waals surface area contributed by atoms with Crippen molar-refractivity contribution in [3.05, 3.63) is 28.2 Å². The molecule has 2 rings (SSSR count). The van der Waals surface area contributed by atoms with Crippen molar-refractivity contribution in [2.45, 2.75) is 25.6 Å². The molecule has 1 saturated heterocycles. The predicted octanol–water partition coefficient (Wildman–Crippen LogP) is 3.16. The minimum absolute atomic E-state index is 0.188. The van der Waals surface area contributed by atoms with E-state index in [1.165, 1.54) is 9.80 Å². The highest BCUT2D eigenvalue weighted by molar-refractivity contribution is 9.10. The van der Waals surface area contributed by atoms with Gasteiger partial charge in [0.25, 0.3) is 0 Å². The Balaban J connectivity index is 1.87. The second-order valence-electron chi connectivity index (χ2n) is 6.29.